The van der Waals surface area contributed by atoms with Crippen LogP contribution in [-0.4, -0.2) is 74.2 Å². The third-order valence-electron chi connectivity index (χ3n) is 5.80. The maximum Gasteiger partial charge on any atom is 0.350 e. The largest absolute Gasteiger partial charge is 0.465 e. The van der Waals surface area contributed by atoms with Crippen LogP contribution in [0.2, 0.25) is 0 Å². The van der Waals surface area contributed by atoms with Crippen LogP contribution in [0, 0.1) is 5.92 Å². The summed E-state index contributed by atoms with van der Waals surface area (Å²) in [6.45, 7) is 1.82. The van der Waals surface area contributed by atoms with Crippen LogP contribution in [-0.2, 0) is 14.3 Å². The molecule has 2 aliphatic heterocycles. The third-order valence-corrected chi connectivity index (χ3v) is 6.69. The van der Waals surface area contributed by atoms with Gasteiger partial charge >= 0.3 is 12.0 Å². The molecule has 3 amide bonds. The molecule has 1 unspecified atom stereocenters. The number of rotatable bonds is 4. The Morgan fingerprint density at radius 2 is 2.07 bits per heavy atom. The van der Waals surface area contributed by atoms with E-state index in [2.05, 4.69) is 5.32 Å². The molecule has 9 heteroatoms. The first-order chi connectivity index (χ1) is 13.8. The van der Waals surface area contributed by atoms with Gasteiger partial charge in [-0.25, -0.2) is 9.59 Å². The second-order valence-electron chi connectivity index (χ2n) is 7.95. The summed E-state index contributed by atoms with van der Waals surface area (Å²) in [4.78, 5) is 40.3. The van der Waals surface area contributed by atoms with Gasteiger partial charge in [-0.15, -0.1) is 11.3 Å². The monoisotopic (exact) mass is 423 g/mol. The van der Waals surface area contributed by atoms with Crippen LogP contribution in [0.3, 0.4) is 0 Å². The summed E-state index contributed by atoms with van der Waals surface area (Å²) in [5, 5.41) is 4.57. The predicted molar refractivity (Wildman–Crippen MR) is 110 cm³/mol. The van der Waals surface area contributed by atoms with Gasteiger partial charge in [-0.05, 0) is 43.0 Å². The molecule has 2 aliphatic rings. The summed E-state index contributed by atoms with van der Waals surface area (Å²) in [6.07, 6.45) is 3.82. The van der Waals surface area contributed by atoms with Gasteiger partial charge in [0.25, 0.3) is 0 Å². The van der Waals surface area contributed by atoms with Crippen LogP contribution in [0.1, 0.15) is 41.8 Å². The van der Waals surface area contributed by atoms with Crippen molar-refractivity contribution in [3.05, 3.63) is 16.3 Å². The summed E-state index contributed by atoms with van der Waals surface area (Å²) < 4.78 is 10.9. The van der Waals surface area contributed by atoms with Crippen LogP contribution in [0.5, 0.6) is 0 Å². The highest BCUT2D eigenvalue weighted by molar-refractivity contribution is 7.12. The molecule has 3 rings (SSSR count). The minimum Gasteiger partial charge on any atom is -0.465 e. The lowest BCUT2D eigenvalue weighted by Crippen LogP contribution is -2.52. The van der Waals surface area contributed by atoms with E-state index in [1.54, 1.807) is 35.3 Å². The molecule has 2 saturated heterocycles. The number of amides is 3. The summed E-state index contributed by atoms with van der Waals surface area (Å²) in [5.41, 5.74) is 0.231. The number of piperidine rings is 1. The average molecular weight is 424 g/mol. The molecule has 0 bridgehead atoms. The SMILES string of the molecule is COC(=O)c1sccc1NC(=O)N1CCC2(CC1)CC(CC(=O)N(C)C)CCO2. The van der Waals surface area contributed by atoms with Gasteiger partial charge in [0.15, 0.2) is 0 Å². The van der Waals surface area contributed by atoms with Crippen molar-refractivity contribution >= 4 is 34.9 Å². The number of hydrogen-bond acceptors (Lipinski definition) is 6. The van der Waals surface area contributed by atoms with Gasteiger partial charge in [-0.2, -0.15) is 0 Å². The molecule has 1 atom stereocenters. The summed E-state index contributed by atoms with van der Waals surface area (Å²) in [5.74, 6) is 0.0234. The Balaban J connectivity index is 1.54. The number of ether oxygens (including phenoxy) is 2. The number of carbonyl (C=O) groups is 3. The fourth-order valence-corrected chi connectivity index (χ4v) is 4.82. The van der Waals surface area contributed by atoms with Gasteiger partial charge in [0, 0.05) is 40.2 Å². The smallest absolute Gasteiger partial charge is 0.350 e. The van der Waals surface area contributed by atoms with E-state index in [9.17, 15) is 14.4 Å². The number of urea groups is 1. The number of hydrogen-bond donors (Lipinski definition) is 1. The number of thiophene rings is 1. The van der Waals surface area contributed by atoms with Crippen molar-refractivity contribution in [3.63, 3.8) is 0 Å². The molecule has 1 aromatic rings. The lowest BCUT2D eigenvalue weighted by Gasteiger charge is -2.46. The van der Waals surface area contributed by atoms with Crippen molar-refractivity contribution in [2.24, 2.45) is 5.92 Å². The third kappa shape index (κ3) is 5.08. The Morgan fingerprint density at radius 1 is 1.34 bits per heavy atom. The Hall–Kier alpha value is -2.13. The second kappa shape index (κ2) is 9.13. The molecule has 0 aromatic carbocycles. The first kappa shape index (κ1) is 21.6. The van der Waals surface area contributed by atoms with E-state index in [0.717, 1.165) is 25.7 Å². The fraction of sp³-hybridized carbons (Fsp3) is 0.650. The van der Waals surface area contributed by atoms with Crippen LogP contribution in [0.4, 0.5) is 10.5 Å². The van der Waals surface area contributed by atoms with E-state index in [1.165, 1.54) is 18.4 Å². The molecule has 3 heterocycles. The van der Waals surface area contributed by atoms with Crippen LogP contribution >= 0.6 is 11.3 Å². The first-order valence-corrected chi connectivity index (χ1v) is 10.8. The van der Waals surface area contributed by atoms with E-state index < -0.39 is 5.97 Å². The Bertz CT molecular complexity index is 755. The molecule has 0 aliphatic carbocycles. The molecule has 1 aromatic heterocycles. The summed E-state index contributed by atoms with van der Waals surface area (Å²) in [6, 6.07) is 1.48. The minimum atomic E-state index is -0.457. The quantitative estimate of drug-likeness (QED) is 0.753. The number of likely N-dealkylation sites (tertiary alicyclic amines) is 1. The van der Waals surface area contributed by atoms with Gasteiger partial charge in [0.05, 0.1) is 18.4 Å². The molecule has 2 fully saturated rings. The molecular formula is C20H29N3O5S. The Morgan fingerprint density at radius 3 is 2.72 bits per heavy atom. The van der Waals surface area contributed by atoms with Gasteiger partial charge in [-0.3, -0.25) is 4.79 Å². The summed E-state index contributed by atoms with van der Waals surface area (Å²) in [7, 11) is 4.89. The number of nitrogens with one attached hydrogen (secondary N) is 1. The highest BCUT2D eigenvalue weighted by atomic mass is 32.1. The number of anilines is 1. The maximum atomic E-state index is 12.7. The van der Waals surface area contributed by atoms with Crippen molar-refractivity contribution in [2.45, 2.75) is 37.7 Å². The normalized spacial score (nSPS) is 20.9. The van der Waals surface area contributed by atoms with E-state index in [1.807, 2.05) is 0 Å². The highest BCUT2D eigenvalue weighted by Crippen LogP contribution is 2.39. The van der Waals surface area contributed by atoms with Crippen LogP contribution in [0.15, 0.2) is 11.4 Å². The van der Waals surface area contributed by atoms with Crippen molar-refractivity contribution in [2.75, 3.05) is 46.2 Å². The Labute approximate surface area is 175 Å². The Kier molecular flexibility index (Phi) is 6.79. The molecule has 0 saturated carbocycles. The number of carbonyl (C=O) groups excluding carboxylic acids is 3. The van der Waals surface area contributed by atoms with Crippen molar-refractivity contribution in [1.82, 2.24) is 9.80 Å². The molecule has 1 N–H and O–H groups in total. The van der Waals surface area contributed by atoms with Crippen molar-refractivity contribution in [1.29, 1.82) is 0 Å². The topological polar surface area (TPSA) is 88.2 Å². The maximum absolute atomic E-state index is 12.7. The molecule has 8 nitrogen and oxygen atoms in total. The number of methoxy groups -OCH3 is 1. The molecule has 29 heavy (non-hydrogen) atoms. The molecular weight excluding hydrogens is 394 g/mol. The van der Waals surface area contributed by atoms with Crippen molar-refractivity contribution < 1.29 is 23.9 Å². The molecule has 160 valence electrons. The highest BCUT2D eigenvalue weighted by Gasteiger charge is 2.41. The van der Waals surface area contributed by atoms with Gasteiger partial charge in [-0.1, -0.05) is 0 Å². The minimum absolute atomic E-state index is 0.154. The lowest BCUT2D eigenvalue weighted by molar-refractivity contribution is -0.138. The number of nitrogens with zero attached hydrogens (tertiary/aromatic N) is 2. The van der Waals surface area contributed by atoms with E-state index >= 15 is 0 Å². The standard InChI is InChI=1S/C20H29N3O5S/c1-22(2)16(24)12-14-4-10-28-20(13-14)6-8-23(9-7-20)19(26)21-15-5-11-29-17(15)18(25)27-3/h5,11,14H,4,6-10,12-13H2,1-3H3,(H,21,26). The van der Waals surface area contributed by atoms with Crippen LogP contribution in [0.25, 0.3) is 0 Å². The van der Waals surface area contributed by atoms with Crippen LogP contribution < -0.4 is 5.32 Å². The zero-order valence-corrected chi connectivity index (χ0v) is 18.0. The van der Waals surface area contributed by atoms with Crippen molar-refractivity contribution in [3.8, 4) is 0 Å². The number of esters is 1. The van der Waals surface area contributed by atoms with Gasteiger partial charge in [0.2, 0.25) is 5.91 Å². The summed E-state index contributed by atoms with van der Waals surface area (Å²) >= 11 is 1.24. The second-order valence-corrected chi connectivity index (χ2v) is 8.87. The lowest BCUT2D eigenvalue weighted by atomic mass is 9.78. The zero-order valence-electron chi connectivity index (χ0n) is 17.2. The average Bonchev–Trinajstić information content (AvgIpc) is 3.16. The molecule has 1 spiro atoms. The van der Waals surface area contributed by atoms with E-state index in [0.29, 0.717) is 42.6 Å². The zero-order chi connectivity index (χ0) is 21.0. The van der Waals surface area contributed by atoms with Gasteiger partial charge in [0.1, 0.15) is 4.88 Å². The van der Waals surface area contributed by atoms with E-state index in [-0.39, 0.29) is 17.5 Å². The fourth-order valence-electron chi connectivity index (χ4n) is 4.05. The van der Waals surface area contributed by atoms with E-state index in [4.69, 9.17) is 9.47 Å². The first-order valence-electron chi connectivity index (χ1n) is 9.89. The van der Waals surface area contributed by atoms with Gasteiger partial charge < -0.3 is 24.6 Å². The predicted octanol–water partition coefficient (Wildman–Crippen LogP) is 2.81. The molecule has 0 radical (unpaired) electrons.